The minimum atomic E-state index is -0.131. The Labute approximate surface area is 86.3 Å². The summed E-state index contributed by atoms with van der Waals surface area (Å²) < 4.78 is 1.02. The summed E-state index contributed by atoms with van der Waals surface area (Å²) in [6.07, 6.45) is 0.612. The SMILES string of the molecule is Oc1ccc(CCN(Cl)Cl)cc1O. The molecular weight excluding hydrogens is 213 g/mol. The molecule has 0 atom stereocenters. The van der Waals surface area contributed by atoms with Gasteiger partial charge in [-0.3, -0.25) is 0 Å². The number of benzene rings is 1. The van der Waals surface area contributed by atoms with Crippen LogP contribution in [0.3, 0.4) is 0 Å². The van der Waals surface area contributed by atoms with E-state index in [-0.39, 0.29) is 11.5 Å². The number of phenols is 2. The van der Waals surface area contributed by atoms with E-state index >= 15 is 0 Å². The van der Waals surface area contributed by atoms with Gasteiger partial charge in [-0.15, -0.1) is 3.94 Å². The zero-order valence-electron chi connectivity index (χ0n) is 6.74. The van der Waals surface area contributed by atoms with Crippen molar-refractivity contribution in [1.29, 1.82) is 0 Å². The number of hydrogen-bond donors (Lipinski definition) is 2. The molecule has 0 aliphatic carbocycles. The lowest BCUT2D eigenvalue weighted by Crippen LogP contribution is -2.03. The molecule has 3 nitrogen and oxygen atoms in total. The van der Waals surface area contributed by atoms with Crippen LogP contribution in [0.4, 0.5) is 0 Å². The van der Waals surface area contributed by atoms with Gasteiger partial charge < -0.3 is 10.2 Å². The van der Waals surface area contributed by atoms with Crippen molar-refractivity contribution in [2.24, 2.45) is 0 Å². The fraction of sp³-hybridized carbons (Fsp3) is 0.250. The Morgan fingerprint density at radius 3 is 2.38 bits per heavy atom. The Bertz CT molecular complexity index is 291. The largest absolute Gasteiger partial charge is 0.504 e. The molecule has 0 aliphatic heterocycles. The Morgan fingerprint density at radius 1 is 1.15 bits per heavy atom. The molecule has 0 amide bonds. The van der Waals surface area contributed by atoms with Crippen LogP contribution in [-0.4, -0.2) is 20.7 Å². The van der Waals surface area contributed by atoms with Crippen LogP contribution in [0.25, 0.3) is 0 Å². The Hall–Kier alpha value is -0.640. The van der Waals surface area contributed by atoms with Crippen LogP contribution in [0.1, 0.15) is 5.56 Å². The lowest BCUT2D eigenvalue weighted by molar-refractivity contribution is 0.403. The van der Waals surface area contributed by atoms with Gasteiger partial charge in [0.05, 0.1) is 0 Å². The second kappa shape index (κ2) is 4.56. The van der Waals surface area contributed by atoms with Crippen molar-refractivity contribution in [2.45, 2.75) is 6.42 Å². The second-order valence-corrected chi connectivity index (χ2v) is 3.59. The van der Waals surface area contributed by atoms with Crippen molar-refractivity contribution >= 4 is 23.6 Å². The van der Waals surface area contributed by atoms with Crippen molar-refractivity contribution in [1.82, 2.24) is 3.94 Å². The standard InChI is InChI=1S/C8H9Cl2NO2/c9-11(10)4-3-6-1-2-7(12)8(13)5-6/h1-2,5,12-13H,3-4H2. The molecule has 1 aromatic rings. The lowest BCUT2D eigenvalue weighted by atomic mass is 10.1. The number of aromatic hydroxyl groups is 2. The first-order valence-corrected chi connectivity index (χ1v) is 4.37. The van der Waals surface area contributed by atoms with Crippen LogP contribution in [0.2, 0.25) is 0 Å². The molecule has 0 aromatic heterocycles. The van der Waals surface area contributed by atoms with Gasteiger partial charge in [-0.1, -0.05) is 6.07 Å². The van der Waals surface area contributed by atoms with Gasteiger partial charge in [0.2, 0.25) is 0 Å². The first kappa shape index (κ1) is 10.4. The normalized spacial score (nSPS) is 10.7. The van der Waals surface area contributed by atoms with Gasteiger partial charge in [-0.05, 0) is 47.7 Å². The number of phenolic OH excluding ortho intramolecular Hbond substituents is 2. The van der Waals surface area contributed by atoms with Crippen LogP contribution in [0.5, 0.6) is 11.5 Å². The molecule has 0 fully saturated rings. The maximum absolute atomic E-state index is 9.14. The quantitative estimate of drug-likeness (QED) is 0.608. The Kier molecular flexibility index (Phi) is 3.66. The molecule has 72 valence electrons. The summed E-state index contributed by atoms with van der Waals surface area (Å²) in [5.74, 6) is -0.259. The third-order valence-electron chi connectivity index (χ3n) is 1.61. The first-order valence-electron chi connectivity index (χ1n) is 3.69. The van der Waals surface area contributed by atoms with Gasteiger partial charge in [0.25, 0.3) is 0 Å². The smallest absolute Gasteiger partial charge is 0.157 e. The maximum atomic E-state index is 9.14. The monoisotopic (exact) mass is 221 g/mol. The number of halogens is 2. The van der Waals surface area contributed by atoms with Crippen molar-refractivity contribution in [2.75, 3.05) is 6.54 Å². The molecule has 0 unspecified atom stereocenters. The van der Waals surface area contributed by atoms with Crippen LogP contribution in [0.15, 0.2) is 18.2 Å². The maximum Gasteiger partial charge on any atom is 0.157 e. The van der Waals surface area contributed by atoms with E-state index in [4.69, 9.17) is 33.8 Å². The van der Waals surface area contributed by atoms with Crippen LogP contribution < -0.4 is 0 Å². The fourth-order valence-electron chi connectivity index (χ4n) is 0.938. The first-order chi connectivity index (χ1) is 6.09. The molecule has 2 N–H and O–H groups in total. The molecule has 0 spiro atoms. The number of hydrogen-bond acceptors (Lipinski definition) is 3. The highest BCUT2D eigenvalue weighted by Crippen LogP contribution is 2.25. The molecule has 1 aromatic carbocycles. The topological polar surface area (TPSA) is 43.7 Å². The van der Waals surface area contributed by atoms with Crippen molar-refractivity contribution in [3.63, 3.8) is 0 Å². The molecular formula is C8H9Cl2NO2. The number of rotatable bonds is 3. The third-order valence-corrected chi connectivity index (χ3v) is 1.95. The van der Waals surface area contributed by atoms with Crippen LogP contribution in [-0.2, 0) is 6.42 Å². The van der Waals surface area contributed by atoms with E-state index in [2.05, 4.69) is 0 Å². The van der Waals surface area contributed by atoms with Crippen LogP contribution in [0, 0.1) is 0 Å². The predicted molar refractivity (Wildman–Crippen MR) is 51.9 cm³/mol. The van der Waals surface area contributed by atoms with E-state index in [1.54, 1.807) is 6.07 Å². The minimum absolute atomic E-state index is 0.127. The summed E-state index contributed by atoms with van der Waals surface area (Å²) >= 11 is 10.8. The summed E-state index contributed by atoms with van der Waals surface area (Å²) in [4.78, 5) is 0. The molecule has 0 heterocycles. The summed E-state index contributed by atoms with van der Waals surface area (Å²) in [6, 6.07) is 4.61. The van der Waals surface area contributed by atoms with E-state index in [1.165, 1.54) is 12.1 Å². The minimum Gasteiger partial charge on any atom is -0.504 e. The van der Waals surface area contributed by atoms with Crippen LogP contribution >= 0.6 is 23.6 Å². The third kappa shape index (κ3) is 3.30. The average Bonchev–Trinajstić information content (AvgIpc) is 2.07. The summed E-state index contributed by atoms with van der Waals surface area (Å²) in [6.45, 7) is 0.466. The van der Waals surface area contributed by atoms with Crippen molar-refractivity contribution in [3.8, 4) is 11.5 Å². The highest BCUT2D eigenvalue weighted by Gasteiger charge is 2.02. The highest BCUT2D eigenvalue weighted by molar-refractivity contribution is 6.33. The zero-order valence-corrected chi connectivity index (χ0v) is 8.26. The molecule has 5 heteroatoms. The molecule has 0 bridgehead atoms. The van der Waals surface area contributed by atoms with Gasteiger partial charge in [-0.25, -0.2) is 0 Å². The summed E-state index contributed by atoms with van der Waals surface area (Å²) in [5, 5.41) is 18.1. The van der Waals surface area contributed by atoms with E-state index < -0.39 is 0 Å². The molecule has 0 saturated heterocycles. The lowest BCUT2D eigenvalue weighted by Gasteiger charge is -2.05. The molecule has 0 aliphatic rings. The molecule has 0 radical (unpaired) electrons. The van der Waals surface area contributed by atoms with Crippen molar-refractivity contribution < 1.29 is 10.2 Å². The highest BCUT2D eigenvalue weighted by atomic mass is 35.5. The average molecular weight is 222 g/mol. The number of nitrogens with zero attached hydrogens (tertiary/aromatic N) is 1. The summed E-state index contributed by atoms with van der Waals surface area (Å²) in [7, 11) is 0. The molecule has 0 saturated carbocycles. The van der Waals surface area contributed by atoms with Gasteiger partial charge in [0, 0.05) is 6.54 Å². The molecule has 1 rings (SSSR count). The van der Waals surface area contributed by atoms with E-state index in [0.717, 1.165) is 9.50 Å². The molecule has 13 heavy (non-hydrogen) atoms. The second-order valence-electron chi connectivity index (χ2n) is 2.60. The zero-order chi connectivity index (χ0) is 9.84. The van der Waals surface area contributed by atoms with Gasteiger partial charge >= 0.3 is 0 Å². The Morgan fingerprint density at radius 2 is 1.85 bits per heavy atom. The van der Waals surface area contributed by atoms with Gasteiger partial charge in [-0.2, -0.15) is 0 Å². The predicted octanol–water partition coefficient (Wildman–Crippen LogP) is 2.25. The van der Waals surface area contributed by atoms with E-state index in [9.17, 15) is 0 Å². The fourth-order valence-corrected chi connectivity index (χ4v) is 1.11. The van der Waals surface area contributed by atoms with Gasteiger partial charge in [0.1, 0.15) is 0 Å². The van der Waals surface area contributed by atoms with Gasteiger partial charge in [0.15, 0.2) is 11.5 Å². The summed E-state index contributed by atoms with van der Waals surface area (Å²) in [5.41, 5.74) is 0.863. The van der Waals surface area contributed by atoms with Crippen molar-refractivity contribution in [3.05, 3.63) is 23.8 Å². The van der Waals surface area contributed by atoms with E-state index in [1.807, 2.05) is 0 Å². The van der Waals surface area contributed by atoms with E-state index in [0.29, 0.717) is 13.0 Å². The Balaban J connectivity index is 2.63.